The number of benzene rings is 2. The van der Waals surface area contributed by atoms with Crippen molar-refractivity contribution in [3.8, 4) is 5.69 Å². The molecule has 6 nitrogen and oxygen atoms in total. The van der Waals surface area contributed by atoms with E-state index in [1.165, 1.54) is 0 Å². The number of carbonyl (C=O) groups excluding carboxylic acids is 2. The Balaban J connectivity index is 1.81. The van der Waals surface area contributed by atoms with E-state index in [0.29, 0.717) is 10.8 Å². The maximum Gasteiger partial charge on any atom is 0.245 e. The van der Waals surface area contributed by atoms with Crippen LogP contribution in [0.5, 0.6) is 0 Å². The summed E-state index contributed by atoms with van der Waals surface area (Å²) in [7, 11) is 0. The molecule has 7 heteroatoms. The second-order valence-electron chi connectivity index (χ2n) is 9.38. The quantitative estimate of drug-likeness (QED) is 0.517. The number of hydrogen-bond donors (Lipinski definition) is 1. The van der Waals surface area contributed by atoms with Crippen LogP contribution in [0, 0.1) is 0 Å². The van der Waals surface area contributed by atoms with E-state index in [4.69, 9.17) is 16.7 Å². The third kappa shape index (κ3) is 6.45. The van der Waals surface area contributed by atoms with Crippen molar-refractivity contribution in [3.63, 3.8) is 0 Å². The lowest BCUT2D eigenvalue weighted by Gasteiger charge is -2.26. The van der Waals surface area contributed by atoms with Gasteiger partial charge in [-0.2, -0.15) is 5.10 Å². The van der Waals surface area contributed by atoms with E-state index in [9.17, 15) is 9.59 Å². The molecule has 0 saturated heterocycles. The molecular formula is C26H31ClN4O2. The van der Waals surface area contributed by atoms with Crippen molar-refractivity contribution in [1.82, 2.24) is 14.7 Å². The van der Waals surface area contributed by atoms with Crippen LogP contribution in [-0.2, 0) is 21.4 Å². The molecule has 3 aromatic rings. The Bertz CT molecular complexity index is 1100. The van der Waals surface area contributed by atoms with Gasteiger partial charge in [0, 0.05) is 22.5 Å². The van der Waals surface area contributed by atoms with Crippen molar-refractivity contribution in [2.45, 2.75) is 52.5 Å². The number of aromatic nitrogens is 2. The molecular weight excluding hydrogens is 436 g/mol. The number of nitrogens with one attached hydrogen (secondary N) is 1. The molecule has 0 aliphatic carbocycles. The van der Waals surface area contributed by atoms with Crippen molar-refractivity contribution in [1.29, 1.82) is 0 Å². The fraction of sp³-hybridized carbons (Fsp3) is 0.346. The topological polar surface area (TPSA) is 67.2 Å². The molecule has 174 valence electrons. The van der Waals surface area contributed by atoms with Gasteiger partial charge >= 0.3 is 0 Å². The van der Waals surface area contributed by atoms with Crippen LogP contribution in [0.25, 0.3) is 5.69 Å². The largest absolute Gasteiger partial charge is 0.331 e. The fourth-order valence-corrected chi connectivity index (χ4v) is 3.51. The van der Waals surface area contributed by atoms with Gasteiger partial charge < -0.3 is 10.2 Å². The standard InChI is InChI=1S/C26H31ClN4O2/c1-18(2)30(25(33)15-19-9-7-6-8-10-19)17-24(32)28-23-16-22(26(3,4)5)29-31(23)21-13-11-20(27)12-14-21/h6-14,16,18H,15,17H2,1-5H3,(H,28,32). The molecule has 0 bridgehead atoms. The molecule has 0 unspecified atom stereocenters. The molecule has 0 spiro atoms. The molecule has 0 aliphatic rings. The predicted molar refractivity (Wildman–Crippen MR) is 133 cm³/mol. The Hall–Kier alpha value is -3.12. The first kappa shape index (κ1) is 24.5. The number of rotatable bonds is 7. The maximum absolute atomic E-state index is 13.0. The Morgan fingerprint density at radius 1 is 1.06 bits per heavy atom. The molecule has 1 aromatic heterocycles. The Morgan fingerprint density at radius 3 is 2.27 bits per heavy atom. The Kier molecular flexibility index (Phi) is 7.59. The van der Waals surface area contributed by atoms with Gasteiger partial charge in [0.25, 0.3) is 0 Å². The van der Waals surface area contributed by atoms with Crippen LogP contribution < -0.4 is 5.32 Å². The predicted octanol–water partition coefficient (Wildman–Crippen LogP) is 5.24. The molecule has 1 heterocycles. The summed E-state index contributed by atoms with van der Waals surface area (Å²) in [5.41, 5.74) is 2.34. The van der Waals surface area contributed by atoms with Crippen molar-refractivity contribution in [3.05, 3.63) is 76.9 Å². The first-order valence-electron chi connectivity index (χ1n) is 11.0. The highest BCUT2D eigenvalue weighted by atomic mass is 35.5. The molecule has 0 fully saturated rings. The van der Waals surface area contributed by atoms with Crippen LogP contribution in [0.3, 0.4) is 0 Å². The van der Waals surface area contributed by atoms with E-state index in [0.717, 1.165) is 16.9 Å². The normalized spacial score (nSPS) is 11.5. The molecule has 0 aliphatic heterocycles. The van der Waals surface area contributed by atoms with Crippen LogP contribution in [0.4, 0.5) is 5.82 Å². The molecule has 2 aromatic carbocycles. The van der Waals surface area contributed by atoms with E-state index in [2.05, 4.69) is 26.1 Å². The van der Waals surface area contributed by atoms with Gasteiger partial charge in [-0.05, 0) is 43.7 Å². The number of amides is 2. The summed E-state index contributed by atoms with van der Waals surface area (Å²) in [5.74, 6) is 0.181. The summed E-state index contributed by atoms with van der Waals surface area (Å²) in [6, 6.07) is 18.6. The van der Waals surface area contributed by atoms with E-state index < -0.39 is 0 Å². The fourth-order valence-electron chi connectivity index (χ4n) is 3.38. The van der Waals surface area contributed by atoms with Gasteiger partial charge in [-0.15, -0.1) is 0 Å². The van der Waals surface area contributed by atoms with E-state index in [1.807, 2.05) is 62.4 Å². The summed E-state index contributed by atoms with van der Waals surface area (Å²) in [6.07, 6.45) is 0.253. The molecule has 0 saturated carbocycles. The van der Waals surface area contributed by atoms with Crippen LogP contribution in [0.1, 0.15) is 45.9 Å². The lowest BCUT2D eigenvalue weighted by molar-refractivity contribution is -0.135. The van der Waals surface area contributed by atoms with Crippen LogP contribution in [0.2, 0.25) is 5.02 Å². The molecule has 0 atom stereocenters. The minimum atomic E-state index is -0.277. The first-order valence-corrected chi connectivity index (χ1v) is 11.4. The minimum absolute atomic E-state index is 0.0417. The number of anilines is 1. The number of nitrogens with zero attached hydrogens (tertiary/aromatic N) is 3. The molecule has 3 rings (SSSR count). The van der Waals surface area contributed by atoms with Crippen LogP contribution >= 0.6 is 11.6 Å². The Labute approximate surface area is 200 Å². The summed E-state index contributed by atoms with van der Waals surface area (Å²) in [6.45, 7) is 9.97. The van der Waals surface area contributed by atoms with Crippen molar-refractivity contribution in [2.75, 3.05) is 11.9 Å². The van der Waals surface area contributed by atoms with Gasteiger partial charge in [-0.25, -0.2) is 4.68 Å². The van der Waals surface area contributed by atoms with Gasteiger partial charge in [0.05, 0.1) is 17.8 Å². The highest BCUT2D eigenvalue weighted by Gasteiger charge is 2.24. The van der Waals surface area contributed by atoms with Gasteiger partial charge in [-0.3, -0.25) is 9.59 Å². The average molecular weight is 467 g/mol. The van der Waals surface area contributed by atoms with Crippen molar-refractivity contribution in [2.24, 2.45) is 0 Å². The second-order valence-corrected chi connectivity index (χ2v) is 9.82. The van der Waals surface area contributed by atoms with Crippen LogP contribution in [0.15, 0.2) is 60.7 Å². The van der Waals surface area contributed by atoms with Crippen LogP contribution in [-0.4, -0.2) is 39.1 Å². The zero-order valence-corrected chi connectivity index (χ0v) is 20.6. The second kappa shape index (κ2) is 10.2. The van der Waals surface area contributed by atoms with E-state index >= 15 is 0 Å². The number of hydrogen-bond acceptors (Lipinski definition) is 3. The summed E-state index contributed by atoms with van der Waals surface area (Å²) >= 11 is 6.04. The summed E-state index contributed by atoms with van der Waals surface area (Å²) in [5, 5.41) is 8.30. The number of carbonyl (C=O) groups is 2. The molecule has 2 amide bonds. The Morgan fingerprint density at radius 2 is 1.70 bits per heavy atom. The van der Waals surface area contributed by atoms with E-state index in [1.54, 1.807) is 21.7 Å². The number of halogens is 1. The van der Waals surface area contributed by atoms with Crippen molar-refractivity contribution < 1.29 is 9.59 Å². The monoisotopic (exact) mass is 466 g/mol. The van der Waals surface area contributed by atoms with Gasteiger partial charge in [0.15, 0.2) is 0 Å². The molecule has 33 heavy (non-hydrogen) atoms. The lowest BCUT2D eigenvalue weighted by Crippen LogP contribution is -2.43. The highest BCUT2D eigenvalue weighted by molar-refractivity contribution is 6.30. The smallest absolute Gasteiger partial charge is 0.245 e. The van der Waals surface area contributed by atoms with Gasteiger partial charge in [-0.1, -0.05) is 62.7 Å². The SMILES string of the molecule is CC(C)N(CC(=O)Nc1cc(C(C)(C)C)nn1-c1ccc(Cl)cc1)C(=O)Cc1ccccc1. The zero-order chi connectivity index (χ0) is 24.2. The highest BCUT2D eigenvalue weighted by Crippen LogP contribution is 2.27. The average Bonchev–Trinajstić information content (AvgIpc) is 3.17. The van der Waals surface area contributed by atoms with Gasteiger partial charge in [0.1, 0.15) is 12.4 Å². The first-order chi connectivity index (χ1) is 15.5. The summed E-state index contributed by atoms with van der Waals surface area (Å²) < 4.78 is 1.69. The molecule has 0 radical (unpaired) electrons. The maximum atomic E-state index is 13.0. The van der Waals surface area contributed by atoms with E-state index in [-0.39, 0.29) is 36.2 Å². The van der Waals surface area contributed by atoms with Gasteiger partial charge in [0.2, 0.25) is 11.8 Å². The lowest BCUT2D eigenvalue weighted by atomic mass is 9.92. The minimum Gasteiger partial charge on any atom is -0.331 e. The molecule has 1 N–H and O–H groups in total. The summed E-state index contributed by atoms with van der Waals surface area (Å²) in [4.78, 5) is 27.5. The third-order valence-electron chi connectivity index (χ3n) is 5.27. The third-order valence-corrected chi connectivity index (χ3v) is 5.52. The van der Waals surface area contributed by atoms with Crippen molar-refractivity contribution >= 4 is 29.2 Å². The zero-order valence-electron chi connectivity index (χ0n) is 19.8.